The molecule has 134 valence electrons. The molecule has 3 fully saturated rings. The second-order valence-corrected chi connectivity index (χ2v) is 6.92. The van der Waals surface area contributed by atoms with Gasteiger partial charge in [-0.3, -0.25) is 14.4 Å². The first-order valence-electron chi connectivity index (χ1n) is 9.08. The lowest BCUT2D eigenvalue weighted by molar-refractivity contribution is -0.131. The van der Waals surface area contributed by atoms with Gasteiger partial charge in [0.15, 0.2) is 0 Å². The average molecular weight is 337 g/mol. The predicted octanol–water partition coefficient (Wildman–Crippen LogP) is 0.143. The van der Waals surface area contributed by atoms with Crippen LogP contribution in [0.15, 0.2) is 0 Å². The fourth-order valence-corrected chi connectivity index (χ4v) is 3.82. The molecule has 3 aliphatic heterocycles. The van der Waals surface area contributed by atoms with E-state index < -0.39 is 0 Å². The first-order valence-corrected chi connectivity index (χ1v) is 9.08. The minimum Gasteiger partial charge on any atom is -0.381 e. The van der Waals surface area contributed by atoms with Crippen LogP contribution in [0.25, 0.3) is 0 Å². The molecule has 0 saturated carbocycles. The Kier molecular flexibility index (Phi) is 5.71. The van der Waals surface area contributed by atoms with Crippen molar-refractivity contribution in [1.29, 1.82) is 0 Å². The van der Waals surface area contributed by atoms with Crippen molar-refractivity contribution < 1.29 is 19.1 Å². The number of likely N-dealkylation sites (tertiary alicyclic amines) is 2. The Hall–Kier alpha value is -1.63. The van der Waals surface area contributed by atoms with Gasteiger partial charge in [0.05, 0.1) is 5.92 Å². The molecular formula is C17H27N3O4. The molecule has 0 aromatic rings. The zero-order chi connectivity index (χ0) is 16.9. The molecule has 0 aromatic heterocycles. The largest absolute Gasteiger partial charge is 0.381 e. The lowest BCUT2D eigenvalue weighted by Crippen LogP contribution is -2.41. The summed E-state index contributed by atoms with van der Waals surface area (Å²) in [5.41, 5.74) is 0. The highest BCUT2D eigenvalue weighted by molar-refractivity contribution is 5.89. The van der Waals surface area contributed by atoms with Crippen molar-refractivity contribution in [1.82, 2.24) is 15.1 Å². The zero-order valence-corrected chi connectivity index (χ0v) is 14.2. The summed E-state index contributed by atoms with van der Waals surface area (Å²) in [5.74, 6) is 0.0268. The smallest absolute Gasteiger partial charge is 0.225 e. The van der Waals surface area contributed by atoms with Crippen LogP contribution in [0.3, 0.4) is 0 Å². The van der Waals surface area contributed by atoms with Crippen molar-refractivity contribution in [3.8, 4) is 0 Å². The molecule has 3 rings (SSSR count). The van der Waals surface area contributed by atoms with Crippen molar-refractivity contribution >= 4 is 17.7 Å². The van der Waals surface area contributed by atoms with Gasteiger partial charge in [0, 0.05) is 58.3 Å². The standard InChI is InChI=1S/C17H27N3O4/c21-15-3-1-7-19(15)8-2-6-18-17(23)13-11-16(22)20(12-13)14-4-9-24-10-5-14/h13-14H,1-12H2,(H,18,23). The Bertz CT molecular complexity index is 490. The van der Waals surface area contributed by atoms with E-state index in [9.17, 15) is 14.4 Å². The number of rotatable bonds is 6. The molecule has 0 radical (unpaired) electrons. The second kappa shape index (κ2) is 7.96. The molecule has 7 heteroatoms. The maximum absolute atomic E-state index is 12.3. The third-order valence-electron chi connectivity index (χ3n) is 5.24. The summed E-state index contributed by atoms with van der Waals surface area (Å²) >= 11 is 0. The number of nitrogens with one attached hydrogen (secondary N) is 1. The number of hydrogen-bond acceptors (Lipinski definition) is 4. The van der Waals surface area contributed by atoms with Crippen molar-refractivity contribution in [2.75, 3.05) is 39.4 Å². The Balaban J connectivity index is 1.37. The van der Waals surface area contributed by atoms with Crippen LogP contribution in [-0.4, -0.2) is 73.0 Å². The number of amides is 3. The fourth-order valence-electron chi connectivity index (χ4n) is 3.82. The topological polar surface area (TPSA) is 79.0 Å². The van der Waals surface area contributed by atoms with Crippen LogP contribution < -0.4 is 5.32 Å². The van der Waals surface area contributed by atoms with Gasteiger partial charge in [-0.1, -0.05) is 0 Å². The van der Waals surface area contributed by atoms with E-state index in [4.69, 9.17) is 4.74 Å². The highest BCUT2D eigenvalue weighted by Crippen LogP contribution is 2.25. The van der Waals surface area contributed by atoms with E-state index in [2.05, 4.69) is 5.32 Å². The molecule has 3 heterocycles. The molecule has 0 aromatic carbocycles. The van der Waals surface area contributed by atoms with Crippen LogP contribution in [0.5, 0.6) is 0 Å². The third-order valence-corrected chi connectivity index (χ3v) is 5.24. The van der Waals surface area contributed by atoms with Gasteiger partial charge < -0.3 is 19.9 Å². The van der Waals surface area contributed by atoms with Crippen molar-refractivity contribution in [3.63, 3.8) is 0 Å². The summed E-state index contributed by atoms with van der Waals surface area (Å²) < 4.78 is 5.34. The van der Waals surface area contributed by atoms with E-state index in [-0.39, 0.29) is 29.7 Å². The van der Waals surface area contributed by atoms with E-state index in [1.54, 1.807) is 0 Å². The van der Waals surface area contributed by atoms with Gasteiger partial charge in [-0.05, 0) is 25.7 Å². The Morgan fingerprint density at radius 2 is 2.00 bits per heavy atom. The first-order chi connectivity index (χ1) is 11.6. The summed E-state index contributed by atoms with van der Waals surface area (Å²) in [6.45, 7) is 4.02. The Morgan fingerprint density at radius 1 is 1.21 bits per heavy atom. The molecule has 3 amide bonds. The van der Waals surface area contributed by atoms with Crippen LogP contribution in [-0.2, 0) is 19.1 Å². The molecule has 0 aliphatic carbocycles. The summed E-state index contributed by atoms with van der Waals surface area (Å²) in [6, 6.07) is 0.227. The van der Waals surface area contributed by atoms with Gasteiger partial charge in [0.25, 0.3) is 0 Å². The molecule has 3 saturated heterocycles. The predicted molar refractivity (Wildman–Crippen MR) is 87.1 cm³/mol. The van der Waals surface area contributed by atoms with Crippen LogP contribution in [0.1, 0.15) is 38.5 Å². The van der Waals surface area contributed by atoms with E-state index in [1.165, 1.54) is 0 Å². The van der Waals surface area contributed by atoms with Crippen LogP contribution >= 0.6 is 0 Å². The molecule has 1 N–H and O–H groups in total. The average Bonchev–Trinajstić information content (AvgIpc) is 3.18. The minimum absolute atomic E-state index is 0.0364. The van der Waals surface area contributed by atoms with Crippen molar-refractivity contribution in [2.24, 2.45) is 5.92 Å². The fraction of sp³-hybridized carbons (Fsp3) is 0.824. The van der Waals surface area contributed by atoms with Gasteiger partial charge in [-0.2, -0.15) is 0 Å². The van der Waals surface area contributed by atoms with Gasteiger partial charge in [-0.25, -0.2) is 0 Å². The number of ether oxygens (including phenoxy) is 1. The molecule has 7 nitrogen and oxygen atoms in total. The monoisotopic (exact) mass is 337 g/mol. The molecule has 1 unspecified atom stereocenters. The second-order valence-electron chi connectivity index (χ2n) is 6.92. The SMILES string of the molecule is O=C(NCCCN1CCCC1=O)C1CC(=O)N(C2CCOCC2)C1. The normalized spacial score (nSPS) is 25.6. The lowest BCUT2D eigenvalue weighted by atomic mass is 10.1. The summed E-state index contributed by atoms with van der Waals surface area (Å²) in [7, 11) is 0. The van der Waals surface area contributed by atoms with Gasteiger partial charge >= 0.3 is 0 Å². The minimum atomic E-state index is -0.242. The summed E-state index contributed by atoms with van der Waals surface area (Å²) in [6.07, 6.45) is 4.40. The Labute approximate surface area is 142 Å². The maximum atomic E-state index is 12.3. The Morgan fingerprint density at radius 3 is 2.71 bits per heavy atom. The molecular weight excluding hydrogens is 310 g/mol. The number of nitrogens with zero attached hydrogens (tertiary/aromatic N) is 2. The molecule has 0 bridgehead atoms. The van der Waals surface area contributed by atoms with Crippen LogP contribution in [0, 0.1) is 5.92 Å². The quantitative estimate of drug-likeness (QED) is 0.700. The first kappa shape index (κ1) is 17.2. The molecule has 1 atom stereocenters. The van der Waals surface area contributed by atoms with Gasteiger partial charge in [-0.15, -0.1) is 0 Å². The van der Waals surface area contributed by atoms with Crippen LogP contribution in [0.4, 0.5) is 0 Å². The molecule has 24 heavy (non-hydrogen) atoms. The summed E-state index contributed by atoms with van der Waals surface area (Å²) in [4.78, 5) is 39.7. The highest BCUT2D eigenvalue weighted by atomic mass is 16.5. The number of carbonyl (C=O) groups excluding carboxylic acids is 3. The zero-order valence-electron chi connectivity index (χ0n) is 14.2. The lowest BCUT2D eigenvalue weighted by Gasteiger charge is -2.31. The van der Waals surface area contributed by atoms with Gasteiger partial charge in [0.2, 0.25) is 17.7 Å². The highest BCUT2D eigenvalue weighted by Gasteiger charge is 2.38. The van der Waals surface area contributed by atoms with E-state index in [1.807, 2.05) is 9.80 Å². The number of hydrogen-bond donors (Lipinski definition) is 1. The van der Waals surface area contributed by atoms with E-state index >= 15 is 0 Å². The number of carbonyl (C=O) groups is 3. The summed E-state index contributed by atoms with van der Waals surface area (Å²) in [5, 5.41) is 2.93. The molecule has 3 aliphatic rings. The molecule has 0 spiro atoms. The van der Waals surface area contributed by atoms with E-state index in [0.29, 0.717) is 45.7 Å². The van der Waals surface area contributed by atoms with Gasteiger partial charge in [0.1, 0.15) is 0 Å². The maximum Gasteiger partial charge on any atom is 0.225 e. The third kappa shape index (κ3) is 4.06. The van der Waals surface area contributed by atoms with Crippen molar-refractivity contribution in [3.05, 3.63) is 0 Å². The van der Waals surface area contributed by atoms with Crippen LogP contribution in [0.2, 0.25) is 0 Å². The van der Waals surface area contributed by atoms with Crippen molar-refractivity contribution in [2.45, 2.75) is 44.6 Å². The van der Waals surface area contributed by atoms with E-state index in [0.717, 1.165) is 32.2 Å².